The van der Waals surface area contributed by atoms with Crippen molar-refractivity contribution in [1.29, 1.82) is 0 Å². The van der Waals surface area contributed by atoms with Crippen LogP contribution in [-0.4, -0.2) is 55.9 Å². The minimum absolute atomic E-state index is 0.309. The Hall–Kier alpha value is -0.650. The summed E-state index contributed by atoms with van der Waals surface area (Å²) in [6.45, 7) is 10.9. The van der Waals surface area contributed by atoms with E-state index < -0.39 is 5.54 Å². The van der Waals surface area contributed by atoms with Gasteiger partial charge >= 0.3 is 5.97 Å². The lowest BCUT2D eigenvalue weighted by Crippen LogP contribution is -2.47. The van der Waals surface area contributed by atoms with E-state index in [1.54, 1.807) is 21.0 Å². The zero-order valence-electron chi connectivity index (χ0n) is 14.5. The van der Waals surface area contributed by atoms with Crippen molar-refractivity contribution in [2.45, 2.75) is 65.0 Å². The van der Waals surface area contributed by atoms with E-state index in [4.69, 9.17) is 15.2 Å². The lowest BCUT2D eigenvalue weighted by molar-refractivity contribution is -0.149. The molecule has 0 fully saturated rings. The van der Waals surface area contributed by atoms with E-state index in [0.717, 1.165) is 39.0 Å². The highest BCUT2D eigenvalue weighted by Crippen LogP contribution is 2.15. The molecule has 0 aromatic carbocycles. The third-order valence-corrected chi connectivity index (χ3v) is 3.92. The summed E-state index contributed by atoms with van der Waals surface area (Å²) < 4.78 is 10.2. The predicted octanol–water partition coefficient (Wildman–Crippen LogP) is 2.18. The Kier molecular flexibility index (Phi) is 10.6. The average molecular weight is 302 g/mol. The second-order valence-electron chi connectivity index (χ2n) is 5.74. The SMILES string of the molecule is CCOC(=O)C(C)(N)CCCN(CCOC)C(CC)CC. The topological polar surface area (TPSA) is 64.8 Å². The van der Waals surface area contributed by atoms with Gasteiger partial charge in [0.05, 0.1) is 13.2 Å². The second-order valence-corrected chi connectivity index (χ2v) is 5.74. The Morgan fingerprint density at radius 1 is 1.24 bits per heavy atom. The lowest BCUT2D eigenvalue weighted by Gasteiger charge is -2.31. The van der Waals surface area contributed by atoms with Crippen molar-refractivity contribution in [2.75, 3.05) is 33.4 Å². The molecular weight excluding hydrogens is 268 g/mol. The van der Waals surface area contributed by atoms with Gasteiger partial charge in [-0.25, -0.2) is 0 Å². The van der Waals surface area contributed by atoms with Gasteiger partial charge in [-0.05, 0) is 46.1 Å². The van der Waals surface area contributed by atoms with Crippen LogP contribution in [0.15, 0.2) is 0 Å². The smallest absolute Gasteiger partial charge is 0.325 e. The van der Waals surface area contributed by atoms with Gasteiger partial charge in [0.2, 0.25) is 0 Å². The number of ether oxygens (including phenoxy) is 2. The van der Waals surface area contributed by atoms with Crippen LogP contribution in [-0.2, 0) is 14.3 Å². The van der Waals surface area contributed by atoms with E-state index in [9.17, 15) is 4.79 Å². The largest absolute Gasteiger partial charge is 0.465 e. The lowest BCUT2D eigenvalue weighted by atomic mass is 9.97. The standard InChI is InChI=1S/C16H34N2O3/c1-6-14(7-2)18(12-13-20-5)11-9-10-16(4,17)15(19)21-8-3/h14H,6-13,17H2,1-5H3. The summed E-state index contributed by atoms with van der Waals surface area (Å²) in [4.78, 5) is 14.2. The highest BCUT2D eigenvalue weighted by molar-refractivity contribution is 5.79. The van der Waals surface area contributed by atoms with Gasteiger partial charge in [-0.1, -0.05) is 13.8 Å². The van der Waals surface area contributed by atoms with E-state index in [1.165, 1.54) is 0 Å². The fourth-order valence-electron chi connectivity index (χ4n) is 2.54. The Bertz CT molecular complexity index is 279. The van der Waals surface area contributed by atoms with Gasteiger partial charge in [-0.3, -0.25) is 9.69 Å². The van der Waals surface area contributed by atoms with Gasteiger partial charge in [-0.15, -0.1) is 0 Å². The van der Waals surface area contributed by atoms with Crippen LogP contribution in [0.25, 0.3) is 0 Å². The maximum atomic E-state index is 11.8. The van der Waals surface area contributed by atoms with Gasteiger partial charge in [0, 0.05) is 19.7 Å². The molecule has 0 rings (SSSR count). The first-order valence-corrected chi connectivity index (χ1v) is 8.11. The minimum atomic E-state index is -0.892. The molecule has 0 aliphatic heterocycles. The van der Waals surface area contributed by atoms with E-state index in [1.807, 2.05) is 0 Å². The van der Waals surface area contributed by atoms with E-state index in [0.29, 0.717) is 19.1 Å². The van der Waals surface area contributed by atoms with Crippen LogP contribution < -0.4 is 5.73 Å². The van der Waals surface area contributed by atoms with Gasteiger partial charge in [-0.2, -0.15) is 0 Å². The zero-order valence-corrected chi connectivity index (χ0v) is 14.5. The van der Waals surface area contributed by atoms with Crippen molar-refractivity contribution >= 4 is 5.97 Å². The normalized spacial score (nSPS) is 14.5. The number of carbonyl (C=O) groups is 1. The summed E-state index contributed by atoms with van der Waals surface area (Å²) in [5.41, 5.74) is 5.16. The van der Waals surface area contributed by atoms with Crippen LogP contribution in [0.2, 0.25) is 0 Å². The molecule has 1 atom stereocenters. The van der Waals surface area contributed by atoms with Crippen molar-refractivity contribution in [3.05, 3.63) is 0 Å². The van der Waals surface area contributed by atoms with E-state index in [-0.39, 0.29) is 5.97 Å². The van der Waals surface area contributed by atoms with Crippen LogP contribution in [0.5, 0.6) is 0 Å². The summed E-state index contributed by atoms with van der Waals surface area (Å²) in [7, 11) is 1.72. The predicted molar refractivity (Wildman–Crippen MR) is 86.3 cm³/mol. The first kappa shape index (κ1) is 20.3. The number of esters is 1. The summed E-state index contributed by atoms with van der Waals surface area (Å²) in [5.74, 6) is -0.309. The summed E-state index contributed by atoms with van der Waals surface area (Å²) >= 11 is 0. The Labute approximate surface area is 130 Å². The Morgan fingerprint density at radius 2 is 1.86 bits per heavy atom. The molecule has 0 aromatic heterocycles. The number of nitrogens with two attached hydrogens (primary N) is 1. The summed E-state index contributed by atoms with van der Waals surface area (Å²) in [5, 5.41) is 0. The van der Waals surface area contributed by atoms with Crippen LogP contribution in [0.4, 0.5) is 0 Å². The summed E-state index contributed by atoms with van der Waals surface area (Å²) in [6.07, 6.45) is 3.76. The third-order valence-electron chi connectivity index (χ3n) is 3.92. The monoisotopic (exact) mass is 302 g/mol. The molecule has 0 heterocycles. The Morgan fingerprint density at radius 3 is 2.33 bits per heavy atom. The molecule has 0 saturated heterocycles. The number of nitrogens with zero attached hydrogens (tertiary/aromatic N) is 1. The first-order valence-electron chi connectivity index (χ1n) is 8.11. The van der Waals surface area contributed by atoms with Crippen molar-refractivity contribution in [3.8, 4) is 0 Å². The van der Waals surface area contributed by atoms with Gasteiger partial charge in [0.15, 0.2) is 0 Å². The number of methoxy groups -OCH3 is 1. The van der Waals surface area contributed by atoms with Crippen LogP contribution in [0.3, 0.4) is 0 Å². The fourth-order valence-corrected chi connectivity index (χ4v) is 2.54. The fraction of sp³-hybridized carbons (Fsp3) is 0.938. The maximum Gasteiger partial charge on any atom is 0.325 e. The molecule has 0 radical (unpaired) electrons. The molecule has 0 aromatic rings. The van der Waals surface area contributed by atoms with Crippen molar-refractivity contribution in [1.82, 2.24) is 4.90 Å². The van der Waals surface area contributed by atoms with Gasteiger partial charge < -0.3 is 15.2 Å². The molecule has 0 aliphatic rings. The molecule has 0 aliphatic carbocycles. The number of hydrogen-bond donors (Lipinski definition) is 1. The molecule has 0 spiro atoms. The second kappa shape index (κ2) is 11.0. The molecular formula is C16H34N2O3. The number of carbonyl (C=O) groups excluding carboxylic acids is 1. The molecule has 0 amide bonds. The van der Waals surface area contributed by atoms with Crippen molar-refractivity contribution in [3.63, 3.8) is 0 Å². The summed E-state index contributed by atoms with van der Waals surface area (Å²) in [6, 6.07) is 0.562. The van der Waals surface area contributed by atoms with Crippen LogP contribution >= 0.6 is 0 Å². The minimum Gasteiger partial charge on any atom is -0.465 e. The van der Waals surface area contributed by atoms with E-state index >= 15 is 0 Å². The highest BCUT2D eigenvalue weighted by atomic mass is 16.5. The Balaban J connectivity index is 4.37. The van der Waals surface area contributed by atoms with Gasteiger partial charge in [0.1, 0.15) is 5.54 Å². The molecule has 1 unspecified atom stereocenters. The van der Waals surface area contributed by atoms with Crippen molar-refractivity contribution < 1.29 is 14.3 Å². The molecule has 0 saturated carbocycles. The molecule has 2 N–H and O–H groups in total. The average Bonchev–Trinajstić information content (AvgIpc) is 2.45. The van der Waals surface area contributed by atoms with Gasteiger partial charge in [0.25, 0.3) is 0 Å². The van der Waals surface area contributed by atoms with Crippen molar-refractivity contribution in [2.24, 2.45) is 5.73 Å². The molecule has 5 heteroatoms. The number of hydrogen-bond acceptors (Lipinski definition) is 5. The molecule has 5 nitrogen and oxygen atoms in total. The first-order chi connectivity index (χ1) is 9.92. The quantitative estimate of drug-likeness (QED) is 0.560. The molecule has 0 bridgehead atoms. The third kappa shape index (κ3) is 7.79. The molecule has 21 heavy (non-hydrogen) atoms. The zero-order chi connectivity index (χ0) is 16.3. The highest BCUT2D eigenvalue weighted by Gasteiger charge is 2.29. The maximum absolute atomic E-state index is 11.8. The van der Waals surface area contributed by atoms with E-state index in [2.05, 4.69) is 18.7 Å². The van der Waals surface area contributed by atoms with Crippen LogP contribution in [0.1, 0.15) is 53.4 Å². The number of rotatable bonds is 12. The van der Waals surface area contributed by atoms with Crippen LogP contribution in [0, 0.1) is 0 Å². The molecule has 126 valence electrons.